The summed E-state index contributed by atoms with van der Waals surface area (Å²) in [6.45, 7) is 3.81. The van der Waals surface area contributed by atoms with E-state index in [4.69, 9.17) is 9.47 Å². The number of nitrogens with zero attached hydrogens (tertiary/aromatic N) is 2. The van der Waals surface area contributed by atoms with Crippen molar-refractivity contribution >= 4 is 38.2 Å². The Hall–Kier alpha value is -2.96. The number of fused-ring (bicyclic) bond motifs is 3. The van der Waals surface area contributed by atoms with Crippen LogP contribution in [0.5, 0.6) is 5.75 Å². The summed E-state index contributed by atoms with van der Waals surface area (Å²) in [5.74, 6) is 0.206. The molecule has 0 aliphatic carbocycles. The molecule has 0 aliphatic rings. The first-order chi connectivity index (χ1) is 14.2. The zero-order chi connectivity index (χ0) is 20.2. The van der Waals surface area contributed by atoms with Gasteiger partial charge in [0.05, 0.1) is 29.5 Å². The number of hydrogen-bond donors (Lipinski definition) is 0. The highest BCUT2D eigenvalue weighted by molar-refractivity contribution is 7.17. The Bertz CT molecular complexity index is 1240. The van der Waals surface area contributed by atoms with Gasteiger partial charge in [0.25, 0.3) is 5.91 Å². The third-order valence-corrected chi connectivity index (χ3v) is 5.90. The summed E-state index contributed by atoms with van der Waals surface area (Å²) in [6.07, 6.45) is 0. The van der Waals surface area contributed by atoms with E-state index in [1.165, 1.54) is 16.7 Å². The Balaban J connectivity index is 1.89. The molecule has 1 amide bonds. The molecule has 1 heterocycles. The van der Waals surface area contributed by atoms with Gasteiger partial charge >= 0.3 is 0 Å². The molecule has 4 rings (SSSR count). The van der Waals surface area contributed by atoms with Crippen LogP contribution in [0.4, 0.5) is 0 Å². The van der Waals surface area contributed by atoms with Gasteiger partial charge in [0.15, 0.2) is 4.80 Å². The van der Waals surface area contributed by atoms with Gasteiger partial charge in [0, 0.05) is 18.5 Å². The maximum Gasteiger partial charge on any atom is 0.283 e. The standard InChI is InChI=1S/C23H22N2O3S/c1-3-28-15-14-25-19-13-12-16-8-4-5-9-17(16)21(19)29-23(25)24-22(26)18-10-6-7-11-20(18)27-2/h4-13H,3,14-15H2,1-2H3. The van der Waals surface area contributed by atoms with Crippen LogP contribution in [0.25, 0.3) is 21.0 Å². The molecular weight excluding hydrogens is 384 g/mol. The lowest BCUT2D eigenvalue weighted by atomic mass is 10.1. The lowest BCUT2D eigenvalue weighted by Crippen LogP contribution is -2.19. The first-order valence-electron chi connectivity index (χ1n) is 9.54. The van der Waals surface area contributed by atoms with E-state index in [1.807, 2.05) is 31.2 Å². The summed E-state index contributed by atoms with van der Waals surface area (Å²) >= 11 is 1.53. The maximum absolute atomic E-state index is 12.9. The number of methoxy groups -OCH3 is 1. The van der Waals surface area contributed by atoms with Gasteiger partial charge in [0.2, 0.25) is 0 Å². The fourth-order valence-electron chi connectivity index (χ4n) is 3.37. The lowest BCUT2D eigenvalue weighted by molar-refractivity contribution is 0.0993. The van der Waals surface area contributed by atoms with Crippen LogP contribution in [0.3, 0.4) is 0 Å². The average Bonchev–Trinajstić information content (AvgIpc) is 3.11. The number of carbonyl (C=O) groups excluding carboxylic acids is 1. The molecule has 1 aromatic heterocycles. The van der Waals surface area contributed by atoms with Crippen molar-refractivity contribution in [2.75, 3.05) is 20.3 Å². The highest BCUT2D eigenvalue weighted by Gasteiger charge is 2.14. The largest absolute Gasteiger partial charge is 0.496 e. The second kappa shape index (κ2) is 8.59. The molecule has 0 saturated heterocycles. The maximum atomic E-state index is 12.9. The average molecular weight is 407 g/mol. The molecule has 0 N–H and O–H groups in total. The van der Waals surface area contributed by atoms with Crippen molar-refractivity contribution in [2.24, 2.45) is 4.99 Å². The molecule has 6 heteroatoms. The van der Waals surface area contributed by atoms with E-state index in [0.717, 1.165) is 15.6 Å². The fourth-order valence-corrected chi connectivity index (χ4v) is 4.56. The van der Waals surface area contributed by atoms with Gasteiger partial charge in [0.1, 0.15) is 5.75 Å². The van der Waals surface area contributed by atoms with Gasteiger partial charge in [-0.15, -0.1) is 0 Å². The van der Waals surface area contributed by atoms with Gasteiger partial charge < -0.3 is 14.0 Å². The number of para-hydroxylation sites is 1. The Morgan fingerprint density at radius 3 is 2.69 bits per heavy atom. The third-order valence-electron chi connectivity index (χ3n) is 4.77. The molecule has 0 spiro atoms. The van der Waals surface area contributed by atoms with Crippen LogP contribution < -0.4 is 9.54 Å². The van der Waals surface area contributed by atoms with Gasteiger partial charge in [-0.2, -0.15) is 4.99 Å². The monoisotopic (exact) mass is 406 g/mol. The van der Waals surface area contributed by atoms with Crippen molar-refractivity contribution in [3.63, 3.8) is 0 Å². The van der Waals surface area contributed by atoms with Crippen LogP contribution >= 0.6 is 11.3 Å². The van der Waals surface area contributed by atoms with Crippen LogP contribution in [0, 0.1) is 0 Å². The third kappa shape index (κ3) is 3.81. The molecule has 3 aromatic carbocycles. The zero-order valence-corrected chi connectivity index (χ0v) is 17.2. The van der Waals surface area contributed by atoms with E-state index in [1.54, 1.807) is 19.2 Å². The number of amides is 1. The predicted octanol–water partition coefficient (Wildman–Crippen LogP) is 4.64. The van der Waals surface area contributed by atoms with E-state index in [9.17, 15) is 4.79 Å². The summed E-state index contributed by atoms with van der Waals surface area (Å²) in [4.78, 5) is 18.1. The van der Waals surface area contributed by atoms with Crippen LogP contribution in [-0.2, 0) is 11.3 Å². The molecule has 0 aliphatic heterocycles. The molecule has 0 bridgehead atoms. The zero-order valence-electron chi connectivity index (χ0n) is 16.4. The van der Waals surface area contributed by atoms with Crippen molar-refractivity contribution in [1.82, 2.24) is 4.57 Å². The number of carbonyl (C=O) groups is 1. The first kappa shape index (κ1) is 19.4. The van der Waals surface area contributed by atoms with E-state index < -0.39 is 0 Å². The number of rotatable bonds is 6. The van der Waals surface area contributed by atoms with E-state index in [0.29, 0.717) is 35.9 Å². The molecule has 0 radical (unpaired) electrons. The van der Waals surface area contributed by atoms with Crippen molar-refractivity contribution < 1.29 is 14.3 Å². The van der Waals surface area contributed by atoms with E-state index >= 15 is 0 Å². The molecule has 0 saturated carbocycles. The fraction of sp³-hybridized carbons (Fsp3) is 0.217. The normalized spacial score (nSPS) is 12.0. The smallest absolute Gasteiger partial charge is 0.283 e. The van der Waals surface area contributed by atoms with Crippen LogP contribution in [0.15, 0.2) is 65.7 Å². The minimum absolute atomic E-state index is 0.316. The molecule has 0 unspecified atom stereocenters. The SMILES string of the molecule is CCOCCn1c(=NC(=O)c2ccccc2OC)sc2c3ccccc3ccc21. The number of ether oxygens (including phenoxy) is 2. The Kier molecular flexibility index (Phi) is 5.74. The van der Waals surface area contributed by atoms with Gasteiger partial charge in [-0.3, -0.25) is 4.79 Å². The van der Waals surface area contributed by atoms with Gasteiger partial charge in [-0.25, -0.2) is 0 Å². The first-order valence-corrected chi connectivity index (χ1v) is 10.4. The molecule has 4 aromatic rings. The summed E-state index contributed by atoms with van der Waals surface area (Å²) in [6, 6.07) is 19.6. The molecule has 29 heavy (non-hydrogen) atoms. The van der Waals surface area contributed by atoms with Gasteiger partial charge in [-0.05, 0) is 30.5 Å². The number of aromatic nitrogens is 1. The Labute approximate surface area is 172 Å². The summed E-state index contributed by atoms with van der Waals surface area (Å²) < 4.78 is 14.1. The summed E-state index contributed by atoms with van der Waals surface area (Å²) in [7, 11) is 1.56. The molecule has 5 nitrogen and oxygen atoms in total. The van der Waals surface area contributed by atoms with Crippen LogP contribution in [-0.4, -0.2) is 30.8 Å². The molecule has 148 valence electrons. The minimum atomic E-state index is -0.316. The van der Waals surface area contributed by atoms with Crippen molar-refractivity contribution in [1.29, 1.82) is 0 Å². The number of hydrogen-bond acceptors (Lipinski definition) is 4. The number of thiazole rings is 1. The van der Waals surface area contributed by atoms with Crippen LogP contribution in [0.2, 0.25) is 0 Å². The van der Waals surface area contributed by atoms with Crippen molar-refractivity contribution in [3.8, 4) is 5.75 Å². The highest BCUT2D eigenvalue weighted by atomic mass is 32.1. The Morgan fingerprint density at radius 1 is 1.07 bits per heavy atom. The lowest BCUT2D eigenvalue weighted by Gasteiger charge is -2.07. The quantitative estimate of drug-likeness (QED) is 0.438. The van der Waals surface area contributed by atoms with E-state index in [-0.39, 0.29) is 5.91 Å². The highest BCUT2D eigenvalue weighted by Crippen LogP contribution is 2.28. The second-order valence-corrected chi connectivity index (χ2v) is 7.46. The minimum Gasteiger partial charge on any atom is -0.496 e. The van der Waals surface area contributed by atoms with E-state index in [2.05, 4.69) is 33.8 Å². The topological polar surface area (TPSA) is 52.8 Å². The van der Waals surface area contributed by atoms with Crippen molar-refractivity contribution in [3.05, 3.63) is 71.0 Å². The van der Waals surface area contributed by atoms with Crippen LogP contribution in [0.1, 0.15) is 17.3 Å². The summed E-state index contributed by atoms with van der Waals surface area (Å²) in [5, 5.41) is 2.33. The molecular formula is C23H22N2O3S. The molecule has 0 atom stereocenters. The number of benzene rings is 3. The van der Waals surface area contributed by atoms with Crippen molar-refractivity contribution in [2.45, 2.75) is 13.5 Å². The second-order valence-electron chi connectivity index (χ2n) is 6.49. The Morgan fingerprint density at radius 2 is 1.86 bits per heavy atom. The predicted molar refractivity (Wildman–Crippen MR) is 117 cm³/mol. The van der Waals surface area contributed by atoms with Gasteiger partial charge in [-0.1, -0.05) is 53.8 Å². The summed E-state index contributed by atoms with van der Waals surface area (Å²) in [5.41, 5.74) is 1.51. The molecule has 0 fully saturated rings.